The van der Waals surface area contributed by atoms with Crippen LogP contribution >= 0.6 is 0 Å². The third-order valence-corrected chi connectivity index (χ3v) is 2.52. The Kier molecular flexibility index (Phi) is 3.71. The molecule has 0 amide bonds. The molecule has 0 N–H and O–H groups in total. The summed E-state index contributed by atoms with van der Waals surface area (Å²) in [5, 5.41) is 0. The van der Waals surface area contributed by atoms with E-state index >= 15 is 0 Å². The maximum atomic E-state index is 13.4. The normalized spacial score (nSPS) is 16.1. The zero-order chi connectivity index (χ0) is 12.3. The van der Waals surface area contributed by atoms with Crippen LogP contribution in [-0.4, -0.2) is 32.4 Å². The summed E-state index contributed by atoms with van der Waals surface area (Å²) in [5.41, 5.74) is 0.294. The number of hydrogen-bond acceptors (Lipinski definition) is 4. The van der Waals surface area contributed by atoms with Gasteiger partial charge >= 0.3 is 0 Å². The smallest absolute Gasteiger partial charge is 0.168 e. The number of halogens is 1. The summed E-state index contributed by atoms with van der Waals surface area (Å²) in [6.45, 7) is 0.990. The number of carbonyl (C=O) groups is 1. The highest BCUT2D eigenvalue weighted by atomic mass is 19.1. The molecule has 1 aliphatic heterocycles. The van der Waals surface area contributed by atoms with Crippen molar-refractivity contribution in [2.24, 2.45) is 0 Å². The number of rotatable bonds is 4. The standard InChI is InChI=1S/C12H13FO4/c1-15-11-3-2-8(6-9(11)13)10(14)7-12-16-4-5-17-12/h2-3,6,12H,4-5,7H2,1H3. The van der Waals surface area contributed by atoms with Crippen molar-refractivity contribution in [3.63, 3.8) is 0 Å². The molecule has 1 aliphatic rings. The zero-order valence-corrected chi connectivity index (χ0v) is 9.44. The van der Waals surface area contributed by atoms with Crippen molar-refractivity contribution < 1.29 is 23.4 Å². The van der Waals surface area contributed by atoms with Gasteiger partial charge in [-0.25, -0.2) is 4.39 Å². The molecule has 5 heteroatoms. The lowest BCUT2D eigenvalue weighted by molar-refractivity contribution is -0.0407. The second-order valence-corrected chi connectivity index (χ2v) is 3.65. The molecule has 0 atom stereocenters. The predicted molar refractivity (Wildman–Crippen MR) is 57.6 cm³/mol. The van der Waals surface area contributed by atoms with Crippen LogP contribution in [0.15, 0.2) is 18.2 Å². The van der Waals surface area contributed by atoms with Crippen LogP contribution in [0.5, 0.6) is 5.75 Å². The van der Waals surface area contributed by atoms with Gasteiger partial charge in [0.25, 0.3) is 0 Å². The number of ether oxygens (including phenoxy) is 3. The number of hydrogen-bond donors (Lipinski definition) is 0. The van der Waals surface area contributed by atoms with Gasteiger partial charge in [-0.05, 0) is 18.2 Å². The molecule has 1 fully saturated rings. The van der Waals surface area contributed by atoms with Crippen molar-refractivity contribution in [2.45, 2.75) is 12.7 Å². The van der Waals surface area contributed by atoms with E-state index in [1.807, 2.05) is 0 Å². The topological polar surface area (TPSA) is 44.8 Å². The van der Waals surface area contributed by atoms with Gasteiger partial charge in [-0.2, -0.15) is 0 Å². The molecule has 0 saturated carbocycles. The molecule has 0 spiro atoms. The first-order valence-electron chi connectivity index (χ1n) is 5.30. The summed E-state index contributed by atoms with van der Waals surface area (Å²) in [5.74, 6) is -0.639. The Hall–Kier alpha value is -1.46. The Balaban J connectivity index is 2.05. The summed E-state index contributed by atoms with van der Waals surface area (Å²) in [6.07, 6.45) is -0.404. The first kappa shape index (κ1) is 12.0. The molecule has 0 radical (unpaired) electrons. The Morgan fingerprint density at radius 2 is 2.18 bits per heavy atom. The van der Waals surface area contributed by atoms with Gasteiger partial charge in [0.15, 0.2) is 23.6 Å². The van der Waals surface area contributed by atoms with Gasteiger partial charge in [0.1, 0.15) is 0 Å². The fourth-order valence-electron chi connectivity index (χ4n) is 1.63. The molecule has 0 unspecified atom stereocenters. The van der Waals surface area contributed by atoms with Crippen LogP contribution in [-0.2, 0) is 9.47 Å². The zero-order valence-electron chi connectivity index (χ0n) is 9.44. The van der Waals surface area contributed by atoms with E-state index in [1.54, 1.807) is 0 Å². The average molecular weight is 240 g/mol. The molecule has 1 aromatic carbocycles. The highest BCUT2D eigenvalue weighted by Crippen LogP contribution is 2.20. The molecule has 1 aromatic rings. The first-order chi connectivity index (χ1) is 8.20. The van der Waals surface area contributed by atoms with Gasteiger partial charge in [0.05, 0.1) is 26.7 Å². The molecule has 0 aliphatic carbocycles. The average Bonchev–Trinajstić information content (AvgIpc) is 2.81. The summed E-state index contributed by atoms with van der Waals surface area (Å²) in [7, 11) is 1.38. The fraction of sp³-hybridized carbons (Fsp3) is 0.417. The maximum Gasteiger partial charge on any atom is 0.168 e. The van der Waals surface area contributed by atoms with E-state index in [4.69, 9.17) is 14.2 Å². The lowest BCUT2D eigenvalue weighted by atomic mass is 10.1. The number of benzene rings is 1. The molecule has 1 saturated heterocycles. The van der Waals surface area contributed by atoms with Crippen LogP contribution in [0.4, 0.5) is 4.39 Å². The highest BCUT2D eigenvalue weighted by molar-refractivity contribution is 5.96. The summed E-state index contributed by atoms with van der Waals surface area (Å²) < 4.78 is 28.5. The molecule has 0 aromatic heterocycles. The van der Waals surface area contributed by atoms with E-state index in [9.17, 15) is 9.18 Å². The van der Waals surface area contributed by atoms with Gasteiger partial charge < -0.3 is 14.2 Å². The van der Waals surface area contributed by atoms with Crippen LogP contribution in [0.25, 0.3) is 0 Å². The van der Waals surface area contributed by atoms with Crippen LogP contribution in [0, 0.1) is 5.82 Å². The molecule has 0 bridgehead atoms. The number of carbonyl (C=O) groups excluding carboxylic acids is 1. The summed E-state index contributed by atoms with van der Waals surface area (Å²) >= 11 is 0. The minimum absolute atomic E-state index is 0.103. The predicted octanol–water partition coefficient (Wildman–Crippen LogP) is 1.78. The Morgan fingerprint density at radius 1 is 1.47 bits per heavy atom. The Morgan fingerprint density at radius 3 is 2.76 bits per heavy atom. The first-order valence-corrected chi connectivity index (χ1v) is 5.30. The van der Waals surface area contributed by atoms with Crippen molar-refractivity contribution in [3.8, 4) is 5.75 Å². The number of methoxy groups -OCH3 is 1. The molecule has 2 rings (SSSR count). The second-order valence-electron chi connectivity index (χ2n) is 3.65. The van der Waals surface area contributed by atoms with Gasteiger partial charge in [0, 0.05) is 5.56 Å². The van der Waals surface area contributed by atoms with Crippen molar-refractivity contribution in [2.75, 3.05) is 20.3 Å². The molecule has 92 valence electrons. The largest absolute Gasteiger partial charge is 0.494 e. The van der Waals surface area contributed by atoms with Gasteiger partial charge in [-0.3, -0.25) is 4.79 Å². The fourth-order valence-corrected chi connectivity index (χ4v) is 1.63. The van der Waals surface area contributed by atoms with E-state index in [-0.39, 0.29) is 18.0 Å². The van der Waals surface area contributed by atoms with Crippen molar-refractivity contribution in [1.29, 1.82) is 0 Å². The van der Waals surface area contributed by atoms with Gasteiger partial charge in [-0.1, -0.05) is 0 Å². The van der Waals surface area contributed by atoms with Crippen molar-refractivity contribution >= 4 is 5.78 Å². The summed E-state index contributed by atoms with van der Waals surface area (Å²) in [6, 6.07) is 4.12. The van der Waals surface area contributed by atoms with E-state index < -0.39 is 12.1 Å². The van der Waals surface area contributed by atoms with E-state index in [0.717, 1.165) is 6.07 Å². The van der Waals surface area contributed by atoms with Crippen LogP contribution in [0.3, 0.4) is 0 Å². The highest BCUT2D eigenvalue weighted by Gasteiger charge is 2.21. The van der Waals surface area contributed by atoms with Crippen molar-refractivity contribution in [1.82, 2.24) is 0 Å². The quantitative estimate of drug-likeness (QED) is 0.752. The number of Topliss-reactive ketones (excluding diaryl/α,β-unsaturated/α-hetero) is 1. The van der Waals surface area contributed by atoms with Gasteiger partial charge in [0.2, 0.25) is 0 Å². The molecular weight excluding hydrogens is 227 g/mol. The molecular formula is C12H13FO4. The summed E-state index contributed by atoms with van der Waals surface area (Å²) in [4.78, 5) is 11.8. The van der Waals surface area contributed by atoms with Crippen molar-refractivity contribution in [3.05, 3.63) is 29.6 Å². The molecule has 4 nitrogen and oxygen atoms in total. The van der Waals surface area contributed by atoms with Crippen LogP contribution in [0.1, 0.15) is 16.8 Å². The van der Waals surface area contributed by atoms with Gasteiger partial charge in [-0.15, -0.1) is 0 Å². The SMILES string of the molecule is COc1ccc(C(=O)CC2OCCO2)cc1F. The third-order valence-electron chi connectivity index (χ3n) is 2.52. The lowest BCUT2D eigenvalue weighted by Crippen LogP contribution is -2.14. The number of ketones is 1. The monoisotopic (exact) mass is 240 g/mol. The van der Waals surface area contributed by atoms with E-state index in [0.29, 0.717) is 18.8 Å². The van der Waals surface area contributed by atoms with E-state index in [2.05, 4.69) is 0 Å². The van der Waals surface area contributed by atoms with Crippen LogP contribution in [0.2, 0.25) is 0 Å². The molecule has 17 heavy (non-hydrogen) atoms. The maximum absolute atomic E-state index is 13.4. The lowest BCUT2D eigenvalue weighted by Gasteiger charge is -2.08. The van der Waals surface area contributed by atoms with Crippen LogP contribution < -0.4 is 4.74 Å². The minimum atomic E-state index is -0.549. The second kappa shape index (κ2) is 5.25. The Labute approximate surface area is 98.3 Å². The van der Waals surface area contributed by atoms with E-state index in [1.165, 1.54) is 19.2 Å². The minimum Gasteiger partial charge on any atom is -0.494 e. The third kappa shape index (κ3) is 2.81. The molecule has 1 heterocycles. The Bertz CT molecular complexity index is 413.